The molecule has 1 saturated heterocycles. The van der Waals surface area contributed by atoms with E-state index in [1.165, 1.54) is 16.7 Å². The molecule has 3 atom stereocenters. The van der Waals surface area contributed by atoms with Crippen molar-refractivity contribution in [1.82, 2.24) is 4.90 Å². The Morgan fingerprint density at radius 1 is 1.14 bits per heavy atom. The molecule has 0 spiro atoms. The van der Waals surface area contributed by atoms with Crippen molar-refractivity contribution in [3.8, 4) is 5.75 Å². The molecule has 3 unspecified atom stereocenters. The predicted molar refractivity (Wildman–Crippen MR) is 137 cm³/mol. The number of para-hydroxylation sites is 1. The van der Waals surface area contributed by atoms with Crippen molar-refractivity contribution in [3.63, 3.8) is 0 Å². The van der Waals surface area contributed by atoms with Crippen molar-refractivity contribution in [2.24, 2.45) is 5.92 Å². The zero-order chi connectivity index (χ0) is 26.1. The summed E-state index contributed by atoms with van der Waals surface area (Å²) in [5, 5.41) is -0.555. The molecule has 2 aromatic carbocycles. The molecule has 1 aliphatic heterocycles. The fourth-order valence-corrected chi connectivity index (χ4v) is 5.00. The maximum absolute atomic E-state index is 14.0. The summed E-state index contributed by atoms with van der Waals surface area (Å²) in [7, 11) is 3.16. The number of cyclic esters (lactones) is 1. The third-order valence-electron chi connectivity index (χ3n) is 5.81. The molecule has 2 aromatic rings. The molecule has 2 N–H and O–H groups in total. The minimum Gasteiger partial charge on any atom is -0.497 e. The maximum Gasteiger partial charge on any atom is 0.417 e. The SMILES string of the molecule is COCCOCOC(C(=O)N1C(=O)OCC1C(C)C)C(Sc1ccccc1N)c1ccc(OC)cc1. The number of rotatable bonds is 13. The third kappa shape index (κ3) is 6.91. The van der Waals surface area contributed by atoms with E-state index in [0.717, 1.165) is 10.5 Å². The maximum atomic E-state index is 14.0. The molecular weight excluding hydrogens is 484 g/mol. The number of thioether (sulfide) groups is 1. The second kappa shape index (κ2) is 13.5. The Morgan fingerprint density at radius 3 is 2.50 bits per heavy atom. The zero-order valence-corrected chi connectivity index (χ0v) is 21.9. The van der Waals surface area contributed by atoms with Crippen LogP contribution in [-0.2, 0) is 23.7 Å². The molecule has 0 radical (unpaired) electrons. The first-order valence-electron chi connectivity index (χ1n) is 11.7. The molecule has 0 aliphatic carbocycles. The second-order valence-corrected chi connectivity index (χ2v) is 9.74. The van der Waals surface area contributed by atoms with Crippen LogP contribution in [0.3, 0.4) is 0 Å². The Labute approximate surface area is 216 Å². The van der Waals surface area contributed by atoms with Crippen LogP contribution in [0, 0.1) is 5.92 Å². The molecule has 1 fully saturated rings. The van der Waals surface area contributed by atoms with Crippen molar-refractivity contribution in [3.05, 3.63) is 54.1 Å². The van der Waals surface area contributed by atoms with E-state index in [9.17, 15) is 9.59 Å². The first kappa shape index (κ1) is 27.8. The van der Waals surface area contributed by atoms with Gasteiger partial charge in [0.05, 0.1) is 31.6 Å². The number of amides is 2. The summed E-state index contributed by atoms with van der Waals surface area (Å²) < 4.78 is 27.1. The fraction of sp³-hybridized carbons (Fsp3) is 0.462. The van der Waals surface area contributed by atoms with E-state index in [4.69, 9.17) is 29.4 Å². The molecule has 1 heterocycles. The van der Waals surface area contributed by atoms with Gasteiger partial charge < -0.3 is 29.4 Å². The summed E-state index contributed by atoms with van der Waals surface area (Å²) >= 11 is 1.39. The monoisotopic (exact) mass is 518 g/mol. The number of benzene rings is 2. The molecule has 196 valence electrons. The van der Waals surface area contributed by atoms with Gasteiger partial charge in [-0.2, -0.15) is 0 Å². The van der Waals surface area contributed by atoms with Gasteiger partial charge in [0.15, 0.2) is 6.10 Å². The number of carbonyl (C=O) groups excluding carboxylic acids is 2. The first-order chi connectivity index (χ1) is 17.4. The standard InChI is InChI=1S/C26H34N2O7S/c1-17(2)21-15-34-26(30)28(21)25(29)23(35-16-33-14-13-31-3)24(18-9-11-19(32-4)12-10-18)36-22-8-6-5-7-20(22)27/h5-12,17,21,23-24H,13-16,27H2,1-4H3. The Balaban J connectivity index is 2.00. The quantitative estimate of drug-likeness (QED) is 0.181. The summed E-state index contributed by atoms with van der Waals surface area (Å²) in [6.45, 7) is 4.54. The van der Waals surface area contributed by atoms with Crippen LogP contribution in [-0.4, -0.2) is 69.9 Å². The van der Waals surface area contributed by atoms with Gasteiger partial charge >= 0.3 is 6.09 Å². The number of imide groups is 1. The number of methoxy groups -OCH3 is 2. The van der Waals surface area contributed by atoms with E-state index in [0.29, 0.717) is 24.7 Å². The van der Waals surface area contributed by atoms with E-state index in [2.05, 4.69) is 0 Å². The summed E-state index contributed by atoms with van der Waals surface area (Å²) in [5.41, 5.74) is 7.61. The highest BCUT2D eigenvalue weighted by Gasteiger charge is 2.45. The fourth-order valence-electron chi connectivity index (χ4n) is 3.75. The van der Waals surface area contributed by atoms with Crippen molar-refractivity contribution in [2.75, 3.05) is 46.6 Å². The number of anilines is 1. The van der Waals surface area contributed by atoms with Gasteiger partial charge in [-0.3, -0.25) is 4.79 Å². The lowest BCUT2D eigenvalue weighted by molar-refractivity contribution is -0.154. The lowest BCUT2D eigenvalue weighted by Crippen LogP contribution is -2.49. The minimum atomic E-state index is -1.07. The normalized spacial score (nSPS) is 17.2. The summed E-state index contributed by atoms with van der Waals surface area (Å²) in [6, 6.07) is 14.4. The van der Waals surface area contributed by atoms with E-state index in [1.807, 2.05) is 56.3 Å². The number of hydrogen-bond acceptors (Lipinski definition) is 9. The smallest absolute Gasteiger partial charge is 0.417 e. The lowest BCUT2D eigenvalue weighted by atomic mass is 10.0. The molecule has 0 aromatic heterocycles. The highest BCUT2D eigenvalue weighted by atomic mass is 32.2. The molecular formula is C26H34N2O7S. The van der Waals surface area contributed by atoms with Crippen LogP contribution in [0.4, 0.5) is 10.5 Å². The second-order valence-electron chi connectivity index (χ2n) is 8.55. The van der Waals surface area contributed by atoms with Gasteiger partial charge in [0.25, 0.3) is 5.91 Å². The molecule has 10 heteroatoms. The third-order valence-corrected chi connectivity index (χ3v) is 7.21. The topological polar surface area (TPSA) is 110 Å². The van der Waals surface area contributed by atoms with Gasteiger partial charge in [-0.1, -0.05) is 38.1 Å². The molecule has 36 heavy (non-hydrogen) atoms. The van der Waals surface area contributed by atoms with Crippen LogP contribution >= 0.6 is 11.8 Å². The number of nitrogen functional groups attached to an aromatic ring is 1. The Bertz CT molecular complexity index is 1000. The van der Waals surface area contributed by atoms with Crippen molar-refractivity contribution >= 4 is 29.4 Å². The molecule has 9 nitrogen and oxygen atoms in total. The van der Waals surface area contributed by atoms with E-state index < -0.39 is 29.4 Å². The summed E-state index contributed by atoms with van der Waals surface area (Å²) in [5.74, 6) is 0.196. The van der Waals surface area contributed by atoms with E-state index >= 15 is 0 Å². The highest BCUT2D eigenvalue weighted by Crippen LogP contribution is 2.43. The Morgan fingerprint density at radius 2 is 1.86 bits per heavy atom. The molecule has 0 saturated carbocycles. The number of nitrogens with zero attached hydrogens (tertiary/aromatic N) is 1. The zero-order valence-electron chi connectivity index (χ0n) is 21.0. The van der Waals surface area contributed by atoms with Crippen LogP contribution in [0.1, 0.15) is 24.7 Å². The average molecular weight is 519 g/mol. The number of ether oxygens (including phenoxy) is 5. The molecule has 1 aliphatic rings. The summed E-state index contributed by atoms with van der Waals surface area (Å²) in [6.07, 6.45) is -1.75. The van der Waals surface area contributed by atoms with Gasteiger partial charge in [-0.05, 0) is 35.7 Å². The van der Waals surface area contributed by atoms with E-state index in [-0.39, 0.29) is 19.3 Å². The Kier molecular flexibility index (Phi) is 10.4. The van der Waals surface area contributed by atoms with Crippen molar-refractivity contribution < 1.29 is 33.3 Å². The van der Waals surface area contributed by atoms with Crippen LogP contribution in [0.25, 0.3) is 0 Å². The van der Waals surface area contributed by atoms with Gasteiger partial charge in [-0.15, -0.1) is 11.8 Å². The van der Waals surface area contributed by atoms with Gasteiger partial charge in [0.1, 0.15) is 19.1 Å². The van der Waals surface area contributed by atoms with Crippen LogP contribution < -0.4 is 10.5 Å². The molecule has 3 rings (SSSR count). The Hall–Kier alpha value is -2.79. The number of hydrogen-bond donors (Lipinski definition) is 1. The van der Waals surface area contributed by atoms with Crippen molar-refractivity contribution in [2.45, 2.75) is 36.1 Å². The average Bonchev–Trinajstić information content (AvgIpc) is 3.27. The molecule has 0 bridgehead atoms. The van der Waals surface area contributed by atoms with Crippen LogP contribution in [0.5, 0.6) is 5.75 Å². The van der Waals surface area contributed by atoms with E-state index in [1.54, 1.807) is 20.3 Å². The van der Waals surface area contributed by atoms with Gasteiger partial charge in [0.2, 0.25) is 0 Å². The first-order valence-corrected chi connectivity index (χ1v) is 12.6. The van der Waals surface area contributed by atoms with Crippen molar-refractivity contribution in [1.29, 1.82) is 0 Å². The summed E-state index contributed by atoms with van der Waals surface area (Å²) in [4.78, 5) is 28.6. The van der Waals surface area contributed by atoms with Crippen LogP contribution in [0.2, 0.25) is 0 Å². The van der Waals surface area contributed by atoms with Crippen LogP contribution in [0.15, 0.2) is 53.4 Å². The lowest BCUT2D eigenvalue weighted by Gasteiger charge is -2.31. The highest BCUT2D eigenvalue weighted by molar-refractivity contribution is 7.99. The van der Waals surface area contributed by atoms with Gasteiger partial charge in [0, 0.05) is 17.7 Å². The minimum absolute atomic E-state index is 0.0101. The molecule has 2 amide bonds. The van der Waals surface area contributed by atoms with Gasteiger partial charge in [-0.25, -0.2) is 9.69 Å². The number of nitrogens with two attached hydrogens (primary N) is 1. The predicted octanol–water partition coefficient (Wildman–Crippen LogP) is 4.12. The largest absolute Gasteiger partial charge is 0.497 e. The number of carbonyl (C=O) groups is 2.